The van der Waals surface area contributed by atoms with Gasteiger partial charge in [0.25, 0.3) is 5.56 Å². The van der Waals surface area contributed by atoms with Gasteiger partial charge >= 0.3 is 5.97 Å². The van der Waals surface area contributed by atoms with Crippen LogP contribution in [0.3, 0.4) is 0 Å². The summed E-state index contributed by atoms with van der Waals surface area (Å²) in [5, 5.41) is 2.16. The van der Waals surface area contributed by atoms with Gasteiger partial charge in [-0.25, -0.2) is 14.7 Å². The minimum absolute atomic E-state index is 0.158. The molecule has 8 nitrogen and oxygen atoms in total. The van der Waals surface area contributed by atoms with Crippen LogP contribution in [0, 0.1) is 11.8 Å². The van der Waals surface area contributed by atoms with Gasteiger partial charge in [0.05, 0.1) is 56.4 Å². The number of carbonyl (C=O) groups is 3. The number of fused-ring (bicyclic) bond motifs is 2. The highest BCUT2D eigenvalue weighted by Gasteiger charge is 2.67. The van der Waals surface area contributed by atoms with E-state index in [0.29, 0.717) is 25.7 Å². The van der Waals surface area contributed by atoms with Crippen molar-refractivity contribution in [1.29, 1.82) is 0 Å². The molecule has 0 N–H and O–H groups in total. The van der Waals surface area contributed by atoms with Crippen LogP contribution >= 0.6 is 22.9 Å². The van der Waals surface area contributed by atoms with Crippen molar-refractivity contribution < 1.29 is 19.1 Å². The fourth-order valence-electron chi connectivity index (χ4n) is 9.73. The maximum atomic E-state index is 15.2. The Labute approximate surface area is 324 Å². The summed E-state index contributed by atoms with van der Waals surface area (Å²) in [6, 6.07) is 35.7. The summed E-state index contributed by atoms with van der Waals surface area (Å²) in [5.41, 5.74) is 3.94. The Morgan fingerprint density at radius 2 is 1.47 bits per heavy atom. The standard InChI is InChI=1S/C45H32ClN3O5S/c1-3-54-43(53)35-24(2)47-44-49(39(35)27-18-12-14-25-13-4-5-15-26(25)27)40(50)34(55-44)23-45-30-19-8-6-16-28(30)36(29-17-7-9-20-31(29)45)37-38(45)42(52)48(41(37)51)33-22-11-10-21-32(33)46/h4-23,36-39H,3H2,1-2H3/b34-23+/t36?,37-,38+,39+,45?/m0/s1. The van der Waals surface area contributed by atoms with Crippen molar-refractivity contribution >= 4 is 63.3 Å². The maximum absolute atomic E-state index is 15.2. The van der Waals surface area contributed by atoms with E-state index >= 15 is 9.59 Å². The van der Waals surface area contributed by atoms with Gasteiger partial charge in [0.15, 0.2) is 4.80 Å². The number of amides is 2. The number of rotatable bonds is 5. The largest absolute Gasteiger partial charge is 0.463 e. The fourth-order valence-corrected chi connectivity index (χ4v) is 11.0. The van der Waals surface area contributed by atoms with Crippen LogP contribution in [0.1, 0.15) is 53.6 Å². The summed E-state index contributed by atoms with van der Waals surface area (Å²) < 4.78 is 7.52. The van der Waals surface area contributed by atoms with Gasteiger partial charge in [-0.3, -0.25) is 19.0 Å². The highest BCUT2D eigenvalue weighted by atomic mass is 35.5. The van der Waals surface area contributed by atoms with Crippen molar-refractivity contribution in [3.05, 3.63) is 179 Å². The topological polar surface area (TPSA) is 98.0 Å². The van der Waals surface area contributed by atoms with Crippen LogP contribution in [-0.2, 0) is 24.5 Å². The van der Waals surface area contributed by atoms with Crippen molar-refractivity contribution in [2.75, 3.05) is 11.5 Å². The van der Waals surface area contributed by atoms with E-state index in [-0.39, 0.29) is 35.5 Å². The first kappa shape index (κ1) is 33.7. The van der Waals surface area contributed by atoms with E-state index in [1.54, 1.807) is 42.7 Å². The summed E-state index contributed by atoms with van der Waals surface area (Å²) in [6.07, 6.45) is 1.91. The Kier molecular flexibility index (Phi) is 7.53. The SMILES string of the molecule is CCOC(=O)C1=C(C)N=c2s/c(=C/C34c5ccccc5C(c5ccccc53)[C@@H]3C(=O)N(c5ccccc5Cl)C(=O)[C@@H]34)c(=O)n2[C@@H]1c1cccc2ccccc12. The molecule has 6 aromatic rings. The number of hydrogen-bond acceptors (Lipinski definition) is 7. The van der Waals surface area contributed by atoms with Crippen molar-refractivity contribution in [3.8, 4) is 0 Å². The zero-order valence-electron chi connectivity index (χ0n) is 29.7. The van der Waals surface area contributed by atoms with E-state index in [1.807, 2.05) is 97.1 Å². The Hall–Kier alpha value is -5.90. The summed E-state index contributed by atoms with van der Waals surface area (Å²) in [7, 11) is 0. The predicted molar refractivity (Wildman–Crippen MR) is 212 cm³/mol. The van der Waals surface area contributed by atoms with Crippen LogP contribution in [-0.4, -0.2) is 29.0 Å². The molecule has 0 unspecified atom stereocenters. The third kappa shape index (κ3) is 4.54. The number of imide groups is 1. The molecule has 0 radical (unpaired) electrons. The summed E-state index contributed by atoms with van der Waals surface area (Å²) in [5.74, 6) is -3.21. The molecule has 3 heterocycles. The lowest BCUT2D eigenvalue weighted by Gasteiger charge is -2.53. The average Bonchev–Trinajstić information content (AvgIpc) is 3.65. The van der Waals surface area contributed by atoms with E-state index in [0.717, 1.165) is 38.6 Å². The number of ether oxygens (including phenoxy) is 1. The summed E-state index contributed by atoms with van der Waals surface area (Å²) in [4.78, 5) is 65.3. The lowest BCUT2D eigenvalue weighted by molar-refractivity contribution is -0.139. The second-order valence-electron chi connectivity index (χ2n) is 14.4. The second-order valence-corrected chi connectivity index (χ2v) is 15.8. The van der Waals surface area contributed by atoms with Gasteiger partial charge in [-0.15, -0.1) is 0 Å². The number of thiazole rings is 1. The first-order valence-electron chi connectivity index (χ1n) is 18.3. The van der Waals surface area contributed by atoms with Gasteiger partial charge in [-0.05, 0) is 70.6 Å². The maximum Gasteiger partial charge on any atom is 0.338 e. The normalized spacial score (nSPS) is 23.7. The summed E-state index contributed by atoms with van der Waals surface area (Å²) in [6.45, 7) is 3.68. The third-order valence-corrected chi connectivity index (χ3v) is 13.1. The molecule has 55 heavy (non-hydrogen) atoms. The number of para-hydroxylation sites is 1. The van der Waals surface area contributed by atoms with E-state index in [2.05, 4.69) is 0 Å². The lowest BCUT2D eigenvalue weighted by Crippen LogP contribution is -2.53. The number of benzene rings is 5. The molecule has 11 rings (SSSR count). The van der Waals surface area contributed by atoms with Crippen LogP contribution in [0.25, 0.3) is 16.8 Å². The molecule has 2 aliphatic heterocycles. The zero-order chi connectivity index (χ0) is 37.7. The highest BCUT2D eigenvalue weighted by molar-refractivity contribution is 7.07. The number of hydrogen-bond donors (Lipinski definition) is 0. The molecule has 0 spiro atoms. The predicted octanol–water partition coefficient (Wildman–Crippen LogP) is 6.81. The molecule has 1 saturated heterocycles. The van der Waals surface area contributed by atoms with Crippen LogP contribution in [0.4, 0.5) is 5.69 Å². The molecule has 2 bridgehead atoms. The molecule has 1 aromatic heterocycles. The van der Waals surface area contributed by atoms with Gasteiger partial charge in [0.1, 0.15) is 0 Å². The molecule has 5 aliphatic rings. The lowest BCUT2D eigenvalue weighted by atomic mass is 9.47. The Bertz CT molecular complexity index is 2860. The molecule has 3 atom stereocenters. The number of anilines is 1. The molecular weight excluding hydrogens is 730 g/mol. The molecule has 2 amide bonds. The minimum atomic E-state index is -1.20. The van der Waals surface area contributed by atoms with Crippen molar-refractivity contribution in [2.45, 2.75) is 31.2 Å². The van der Waals surface area contributed by atoms with E-state index in [9.17, 15) is 9.59 Å². The second kappa shape index (κ2) is 12.3. The van der Waals surface area contributed by atoms with Gasteiger partial charge in [0.2, 0.25) is 11.8 Å². The Balaban J connectivity index is 1.27. The highest BCUT2D eigenvalue weighted by Crippen LogP contribution is 2.65. The number of carbonyl (C=O) groups excluding carboxylic acids is 3. The first-order chi connectivity index (χ1) is 26.8. The molecule has 0 saturated carbocycles. The van der Waals surface area contributed by atoms with Gasteiger partial charge in [-0.1, -0.05) is 126 Å². The van der Waals surface area contributed by atoms with Crippen LogP contribution < -0.4 is 19.8 Å². The monoisotopic (exact) mass is 761 g/mol. The number of nitrogens with zero attached hydrogens (tertiary/aromatic N) is 3. The molecule has 10 heteroatoms. The first-order valence-corrected chi connectivity index (χ1v) is 19.4. The third-order valence-electron chi connectivity index (χ3n) is 11.8. The zero-order valence-corrected chi connectivity index (χ0v) is 31.3. The van der Waals surface area contributed by atoms with Crippen LogP contribution in [0.5, 0.6) is 0 Å². The van der Waals surface area contributed by atoms with Crippen LogP contribution in [0.15, 0.2) is 136 Å². The van der Waals surface area contributed by atoms with Gasteiger partial charge in [-0.2, -0.15) is 0 Å². The Morgan fingerprint density at radius 3 is 2.20 bits per heavy atom. The summed E-state index contributed by atoms with van der Waals surface area (Å²) >= 11 is 7.88. The quantitative estimate of drug-likeness (QED) is 0.142. The minimum Gasteiger partial charge on any atom is -0.463 e. The Morgan fingerprint density at radius 1 is 0.836 bits per heavy atom. The van der Waals surface area contributed by atoms with Crippen LogP contribution in [0.2, 0.25) is 5.02 Å². The van der Waals surface area contributed by atoms with Crippen molar-refractivity contribution in [3.63, 3.8) is 0 Å². The number of allylic oxidation sites excluding steroid dienone is 1. The molecule has 5 aromatic carbocycles. The van der Waals surface area contributed by atoms with Gasteiger partial charge < -0.3 is 4.74 Å². The van der Waals surface area contributed by atoms with E-state index < -0.39 is 29.3 Å². The number of esters is 1. The number of aromatic nitrogens is 1. The van der Waals surface area contributed by atoms with Crippen molar-refractivity contribution in [1.82, 2.24) is 4.57 Å². The fraction of sp³-hybridized carbons (Fsp3) is 0.178. The molecule has 3 aliphatic carbocycles. The molecule has 270 valence electrons. The molecule has 1 fully saturated rings. The van der Waals surface area contributed by atoms with E-state index in [1.165, 1.54) is 16.2 Å². The van der Waals surface area contributed by atoms with Gasteiger partial charge in [0, 0.05) is 5.92 Å². The average molecular weight is 762 g/mol. The van der Waals surface area contributed by atoms with Crippen molar-refractivity contribution in [2.24, 2.45) is 16.8 Å². The van der Waals surface area contributed by atoms with E-state index in [4.69, 9.17) is 21.3 Å². The number of halogens is 1. The smallest absolute Gasteiger partial charge is 0.338 e. The molecular formula is C45H32ClN3O5S.